The lowest BCUT2D eigenvalue weighted by molar-refractivity contribution is 0.747. The van der Waals surface area contributed by atoms with E-state index in [2.05, 4.69) is 58.4 Å². The second-order valence-corrected chi connectivity index (χ2v) is 4.00. The molecule has 1 heteroatoms. The van der Waals surface area contributed by atoms with Crippen LogP contribution >= 0.6 is 15.9 Å². The third-order valence-electron chi connectivity index (χ3n) is 2.18. The van der Waals surface area contributed by atoms with Crippen molar-refractivity contribution >= 4 is 15.9 Å². The summed E-state index contributed by atoms with van der Waals surface area (Å²) in [6, 6.07) is 10.7. The van der Waals surface area contributed by atoms with Crippen molar-refractivity contribution in [2.75, 3.05) is 5.33 Å². The summed E-state index contributed by atoms with van der Waals surface area (Å²) < 4.78 is 0. The average Bonchev–Trinajstić information content (AvgIpc) is 2.25. The molecule has 0 amide bonds. The first-order valence-electron chi connectivity index (χ1n) is 5.18. The lowest BCUT2D eigenvalue weighted by Gasteiger charge is -1.98. The summed E-state index contributed by atoms with van der Waals surface area (Å²) in [6.07, 6.45) is 9.42. The summed E-state index contributed by atoms with van der Waals surface area (Å²) in [5.41, 5.74) is 1.46. The molecule has 76 valence electrons. The van der Waals surface area contributed by atoms with Crippen LogP contribution in [0.15, 0.2) is 42.5 Å². The molecular weight excluding hydrogens is 236 g/mol. The van der Waals surface area contributed by atoms with Crippen molar-refractivity contribution < 1.29 is 0 Å². The molecule has 1 aromatic rings. The predicted molar refractivity (Wildman–Crippen MR) is 66.9 cm³/mol. The fraction of sp³-hybridized carbons (Fsp3) is 0.385. The molecule has 1 aromatic carbocycles. The Morgan fingerprint density at radius 3 is 2.50 bits per heavy atom. The van der Waals surface area contributed by atoms with E-state index in [0.29, 0.717) is 0 Å². The highest BCUT2D eigenvalue weighted by atomic mass is 79.9. The van der Waals surface area contributed by atoms with Crippen molar-refractivity contribution in [3.8, 4) is 0 Å². The maximum Gasteiger partial charge on any atom is 0.0212 e. The highest BCUT2D eigenvalue weighted by molar-refractivity contribution is 9.09. The van der Waals surface area contributed by atoms with Gasteiger partial charge in [0.25, 0.3) is 0 Å². The van der Waals surface area contributed by atoms with Crippen molar-refractivity contribution in [2.24, 2.45) is 0 Å². The van der Waals surface area contributed by atoms with Gasteiger partial charge in [0.05, 0.1) is 0 Å². The minimum atomic E-state index is 0.978. The lowest BCUT2D eigenvalue weighted by atomic mass is 10.1. The molecule has 0 aliphatic heterocycles. The zero-order valence-corrected chi connectivity index (χ0v) is 10.0. The third kappa shape index (κ3) is 5.23. The van der Waals surface area contributed by atoms with Crippen LogP contribution in [0.3, 0.4) is 0 Å². The number of aryl methyl sites for hydroxylation is 1. The van der Waals surface area contributed by atoms with Gasteiger partial charge in [-0.05, 0) is 31.2 Å². The quantitative estimate of drug-likeness (QED) is 0.401. The summed E-state index contributed by atoms with van der Waals surface area (Å²) in [5.74, 6) is 0. The monoisotopic (exact) mass is 252 g/mol. The molecule has 0 bridgehead atoms. The molecule has 0 saturated carbocycles. The Morgan fingerprint density at radius 1 is 1.00 bits per heavy atom. The lowest BCUT2D eigenvalue weighted by Crippen LogP contribution is -1.83. The van der Waals surface area contributed by atoms with Crippen molar-refractivity contribution in [2.45, 2.75) is 25.7 Å². The number of allylic oxidation sites excluding steroid dienone is 2. The van der Waals surface area contributed by atoms with Gasteiger partial charge in [-0.3, -0.25) is 0 Å². The fourth-order valence-corrected chi connectivity index (χ4v) is 1.68. The van der Waals surface area contributed by atoms with Gasteiger partial charge >= 0.3 is 0 Å². The summed E-state index contributed by atoms with van der Waals surface area (Å²) in [4.78, 5) is 0. The molecule has 0 spiro atoms. The maximum atomic E-state index is 3.37. The number of rotatable bonds is 6. The minimum Gasteiger partial charge on any atom is -0.0883 e. The zero-order valence-electron chi connectivity index (χ0n) is 8.45. The number of unbranched alkanes of at least 4 members (excludes halogenated alkanes) is 2. The topological polar surface area (TPSA) is 0 Å². The molecule has 0 aliphatic rings. The van der Waals surface area contributed by atoms with Gasteiger partial charge in [-0.1, -0.05) is 58.4 Å². The van der Waals surface area contributed by atoms with Gasteiger partial charge in [0, 0.05) is 5.33 Å². The van der Waals surface area contributed by atoms with Crippen molar-refractivity contribution in [3.05, 3.63) is 48.0 Å². The third-order valence-corrected chi connectivity index (χ3v) is 2.56. The van der Waals surface area contributed by atoms with E-state index in [-0.39, 0.29) is 0 Å². The minimum absolute atomic E-state index is 0.978. The normalized spacial score (nSPS) is 10.9. The Kier molecular flexibility index (Phi) is 6.42. The molecule has 0 fully saturated rings. The number of halogens is 1. The van der Waals surface area contributed by atoms with Crippen molar-refractivity contribution in [3.63, 3.8) is 0 Å². The SMILES string of the molecule is BrCC=CCCCCc1ccccc1. The van der Waals surface area contributed by atoms with Crippen LogP contribution in [0.5, 0.6) is 0 Å². The zero-order chi connectivity index (χ0) is 10.1. The van der Waals surface area contributed by atoms with E-state index < -0.39 is 0 Å². The van der Waals surface area contributed by atoms with Gasteiger partial charge in [-0.15, -0.1) is 0 Å². The Balaban J connectivity index is 2.07. The summed E-state index contributed by atoms with van der Waals surface area (Å²) in [5, 5.41) is 0.978. The standard InChI is InChI=1S/C13H17Br/c14-12-8-3-1-2-5-9-13-10-6-4-7-11-13/h3-4,6-8,10-11H,1-2,5,9,12H2. The van der Waals surface area contributed by atoms with E-state index in [0.717, 1.165) is 5.33 Å². The van der Waals surface area contributed by atoms with Gasteiger partial charge in [-0.25, -0.2) is 0 Å². The largest absolute Gasteiger partial charge is 0.0883 e. The second-order valence-electron chi connectivity index (χ2n) is 3.36. The smallest absolute Gasteiger partial charge is 0.0212 e. The Bertz CT molecular complexity index is 251. The van der Waals surface area contributed by atoms with Crippen molar-refractivity contribution in [1.82, 2.24) is 0 Å². The van der Waals surface area contributed by atoms with Crippen molar-refractivity contribution in [1.29, 1.82) is 0 Å². The molecule has 0 heterocycles. The second kappa shape index (κ2) is 7.81. The predicted octanol–water partition coefficient (Wildman–Crippen LogP) is 4.35. The van der Waals surface area contributed by atoms with E-state index in [1.807, 2.05) is 0 Å². The Hall–Kier alpha value is -0.560. The molecular formula is C13H17Br. The van der Waals surface area contributed by atoms with Gasteiger partial charge in [0.15, 0.2) is 0 Å². The molecule has 0 unspecified atom stereocenters. The molecule has 0 aliphatic carbocycles. The van der Waals surface area contributed by atoms with Gasteiger partial charge in [0.2, 0.25) is 0 Å². The number of hydrogen-bond acceptors (Lipinski definition) is 0. The van der Waals surface area contributed by atoms with E-state index in [1.165, 1.54) is 31.2 Å². The van der Waals surface area contributed by atoms with E-state index in [1.54, 1.807) is 0 Å². The molecule has 14 heavy (non-hydrogen) atoms. The fourth-order valence-electron chi connectivity index (χ4n) is 1.42. The number of benzene rings is 1. The number of alkyl halides is 1. The van der Waals surface area contributed by atoms with Crippen LogP contribution in [-0.2, 0) is 6.42 Å². The van der Waals surface area contributed by atoms with Crippen LogP contribution in [0.25, 0.3) is 0 Å². The van der Waals surface area contributed by atoms with Crippen LogP contribution in [-0.4, -0.2) is 5.33 Å². The maximum absolute atomic E-state index is 3.37. The molecule has 0 nitrogen and oxygen atoms in total. The van der Waals surface area contributed by atoms with Crippen LogP contribution in [0, 0.1) is 0 Å². The van der Waals surface area contributed by atoms with Crippen LogP contribution in [0.2, 0.25) is 0 Å². The Morgan fingerprint density at radius 2 is 1.79 bits per heavy atom. The summed E-state index contributed by atoms with van der Waals surface area (Å²) in [6.45, 7) is 0. The number of hydrogen-bond donors (Lipinski definition) is 0. The highest BCUT2D eigenvalue weighted by Gasteiger charge is 1.90. The first-order chi connectivity index (χ1) is 6.93. The van der Waals surface area contributed by atoms with Crippen LogP contribution < -0.4 is 0 Å². The first kappa shape index (κ1) is 11.5. The highest BCUT2D eigenvalue weighted by Crippen LogP contribution is 2.06. The van der Waals surface area contributed by atoms with Gasteiger partial charge in [0.1, 0.15) is 0 Å². The molecule has 0 atom stereocenters. The summed E-state index contributed by atoms with van der Waals surface area (Å²) in [7, 11) is 0. The molecule has 0 saturated heterocycles. The molecule has 0 radical (unpaired) electrons. The first-order valence-corrected chi connectivity index (χ1v) is 6.30. The molecule has 0 N–H and O–H groups in total. The van der Waals surface area contributed by atoms with E-state index in [4.69, 9.17) is 0 Å². The van der Waals surface area contributed by atoms with Gasteiger partial charge in [-0.2, -0.15) is 0 Å². The molecule has 1 rings (SSSR count). The Labute approximate surface area is 95.2 Å². The van der Waals surface area contributed by atoms with Gasteiger partial charge < -0.3 is 0 Å². The summed E-state index contributed by atoms with van der Waals surface area (Å²) >= 11 is 3.37. The van der Waals surface area contributed by atoms with E-state index >= 15 is 0 Å². The molecule has 0 aromatic heterocycles. The van der Waals surface area contributed by atoms with E-state index in [9.17, 15) is 0 Å². The average molecular weight is 253 g/mol. The van der Waals surface area contributed by atoms with Crippen LogP contribution in [0.4, 0.5) is 0 Å². The van der Waals surface area contributed by atoms with Crippen LogP contribution in [0.1, 0.15) is 24.8 Å².